The second-order valence-electron chi connectivity index (χ2n) is 8.53. The fourth-order valence-electron chi connectivity index (χ4n) is 4.08. The van der Waals surface area contributed by atoms with Crippen LogP contribution in [0.25, 0.3) is 0 Å². The van der Waals surface area contributed by atoms with Gasteiger partial charge in [-0.15, -0.1) is 0 Å². The van der Waals surface area contributed by atoms with Crippen LogP contribution in [0.2, 0.25) is 0 Å². The van der Waals surface area contributed by atoms with Gasteiger partial charge in [0.2, 0.25) is 17.7 Å². The van der Waals surface area contributed by atoms with E-state index >= 15 is 0 Å². The number of para-hydroxylation sites is 1. The van der Waals surface area contributed by atoms with Crippen LogP contribution in [0, 0.1) is 6.92 Å². The third-order valence-electron chi connectivity index (χ3n) is 5.82. The molecule has 0 spiro atoms. The summed E-state index contributed by atoms with van der Waals surface area (Å²) in [7, 11) is 0. The number of aryl methyl sites for hydroxylation is 1. The zero-order valence-corrected chi connectivity index (χ0v) is 20.1. The van der Waals surface area contributed by atoms with Crippen molar-refractivity contribution in [3.8, 4) is 0 Å². The summed E-state index contributed by atoms with van der Waals surface area (Å²) in [5.41, 5.74) is 1.15. The number of nitrogens with one attached hydrogen (secondary N) is 2. The molecule has 2 N–H and O–H groups in total. The minimum absolute atomic E-state index is 0.0446. The van der Waals surface area contributed by atoms with E-state index in [0.29, 0.717) is 30.2 Å². The van der Waals surface area contributed by atoms with Crippen molar-refractivity contribution in [1.29, 1.82) is 0 Å². The molecule has 0 radical (unpaired) electrons. The van der Waals surface area contributed by atoms with Crippen molar-refractivity contribution in [3.63, 3.8) is 0 Å². The lowest BCUT2D eigenvalue weighted by molar-refractivity contribution is -0.127. The van der Waals surface area contributed by atoms with E-state index in [-0.39, 0.29) is 42.5 Å². The average Bonchev–Trinajstić information content (AvgIpc) is 3.57. The van der Waals surface area contributed by atoms with Crippen LogP contribution in [0.15, 0.2) is 65.4 Å². The number of pyridine rings is 1. The quantitative estimate of drug-likeness (QED) is 0.446. The molecule has 3 amide bonds. The molecule has 36 heavy (non-hydrogen) atoms. The second-order valence-corrected chi connectivity index (χ2v) is 8.53. The van der Waals surface area contributed by atoms with Gasteiger partial charge in [0.1, 0.15) is 11.8 Å². The van der Waals surface area contributed by atoms with E-state index in [1.165, 1.54) is 4.90 Å². The van der Waals surface area contributed by atoms with Crippen molar-refractivity contribution in [2.45, 2.75) is 44.8 Å². The molecule has 1 aromatic carbocycles. The number of nitrogens with zero attached hydrogens (tertiary/aromatic N) is 3. The molecule has 1 fully saturated rings. The molecule has 0 unspecified atom stereocenters. The number of rotatable bonds is 10. The lowest BCUT2D eigenvalue weighted by atomic mass is 10.0. The zero-order chi connectivity index (χ0) is 25.3. The van der Waals surface area contributed by atoms with Gasteiger partial charge in [0.15, 0.2) is 5.82 Å². The van der Waals surface area contributed by atoms with Gasteiger partial charge < -0.3 is 19.9 Å². The third-order valence-corrected chi connectivity index (χ3v) is 5.82. The number of carbonyl (C=O) groups is 3. The number of anilines is 2. The Hall–Kier alpha value is -4.05. The van der Waals surface area contributed by atoms with E-state index in [1.54, 1.807) is 61.8 Å². The van der Waals surface area contributed by atoms with Gasteiger partial charge in [0.25, 0.3) is 0 Å². The molecular weight excluding hydrogens is 462 g/mol. The number of ether oxygens (including phenoxy) is 1. The molecule has 1 aliphatic heterocycles. The molecule has 1 aliphatic rings. The van der Waals surface area contributed by atoms with Crippen molar-refractivity contribution >= 4 is 29.2 Å². The van der Waals surface area contributed by atoms with Gasteiger partial charge in [-0.3, -0.25) is 24.3 Å². The molecule has 188 valence electrons. The highest BCUT2D eigenvalue weighted by Gasteiger charge is 2.33. The largest absolute Gasteiger partial charge is 0.376 e. The van der Waals surface area contributed by atoms with Crippen molar-refractivity contribution in [2.75, 3.05) is 23.4 Å². The molecule has 4 rings (SSSR count). The highest BCUT2D eigenvalue weighted by molar-refractivity contribution is 6.03. The monoisotopic (exact) mass is 491 g/mol. The van der Waals surface area contributed by atoms with Crippen LogP contribution < -0.4 is 15.5 Å². The van der Waals surface area contributed by atoms with Crippen LogP contribution in [-0.4, -0.2) is 47.1 Å². The summed E-state index contributed by atoms with van der Waals surface area (Å²) >= 11 is 0. The molecule has 3 aromatic rings. The van der Waals surface area contributed by atoms with Crippen LogP contribution in [0.5, 0.6) is 0 Å². The van der Waals surface area contributed by atoms with Crippen molar-refractivity contribution in [1.82, 2.24) is 15.5 Å². The first-order valence-corrected chi connectivity index (χ1v) is 11.9. The highest BCUT2D eigenvalue weighted by Crippen LogP contribution is 2.29. The first-order chi connectivity index (χ1) is 17.5. The van der Waals surface area contributed by atoms with E-state index in [0.717, 1.165) is 12.8 Å². The minimum atomic E-state index is -0.953. The van der Waals surface area contributed by atoms with Crippen LogP contribution in [0.1, 0.15) is 43.0 Å². The molecule has 10 heteroatoms. The van der Waals surface area contributed by atoms with Crippen molar-refractivity contribution < 1.29 is 23.6 Å². The van der Waals surface area contributed by atoms with Crippen LogP contribution in [0.4, 0.5) is 11.5 Å². The zero-order valence-electron chi connectivity index (χ0n) is 20.1. The lowest BCUT2D eigenvalue weighted by Gasteiger charge is -2.31. The molecule has 0 saturated carbocycles. The van der Waals surface area contributed by atoms with E-state index < -0.39 is 6.04 Å². The topological polar surface area (TPSA) is 127 Å². The SMILES string of the molecule is Cc1cc(NC(=O)CCC(=O)N(c2ccccc2)[C@H](C(=O)NC[C@@H]2CCCO2)c2ccncc2)no1. The lowest BCUT2D eigenvalue weighted by Crippen LogP contribution is -2.45. The number of amides is 3. The first-order valence-electron chi connectivity index (χ1n) is 11.9. The summed E-state index contributed by atoms with van der Waals surface area (Å²) in [4.78, 5) is 45.0. The maximum absolute atomic E-state index is 13.6. The van der Waals surface area contributed by atoms with Gasteiger partial charge >= 0.3 is 0 Å². The number of hydrogen-bond acceptors (Lipinski definition) is 7. The Morgan fingerprint density at radius 1 is 1.11 bits per heavy atom. The van der Waals surface area contributed by atoms with Crippen molar-refractivity contribution in [3.05, 3.63) is 72.2 Å². The van der Waals surface area contributed by atoms with Crippen LogP contribution in [0.3, 0.4) is 0 Å². The predicted molar refractivity (Wildman–Crippen MR) is 132 cm³/mol. The van der Waals surface area contributed by atoms with Crippen molar-refractivity contribution in [2.24, 2.45) is 0 Å². The molecule has 2 atom stereocenters. The van der Waals surface area contributed by atoms with Gasteiger partial charge in [0, 0.05) is 50.1 Å². The van der Waals surface area contributed by atoms with Gasteiger partial charge in [0.05, 0.1) is 6.10 Å². The van der Waals surface area contributed by atoms with E-state index in [1.807, 2.05) is 6.07 Å². The molecule has 1 saturated heterocycles. The Morgan fingerprint density at radius 2 is 1.89 bits per heavy atom. The minimum Gasteiger partial charge on any atom is -0.376 e. The number of aromatic nitrogens is 2. The second kappa shape index (κ2) is 12.1. The molecule has 2 aromatic heterocycles. The maximum Gasteiger partial charge on any atom is 0.247 e. The van der Waals surface area contributed by atoms with E-state index in [9.17, 15) is 14.4 Å². The smallest absolute Gasteiger partial charge is 0.247 e. The number of carbonyl (C=O) groups excluding carboxylic acids is 3. The highest BCUT2D eigenvalue weighted by atomic mass is 16.5. The standard InChI is InChI=1S/C26H29N5O5/c1-18-16-22(30-36-18)29-23(32)9-10-24(33)31(20-6-3-2-4-7-20)25(19-11-13-27-14-12-19)26(34)28-17-21-8-5-15-35-21/h2-4,6-7,11-14,16,21,25H,5,8-10,15,17H2,1H3,(H,28,34)(H,29,30,32)/t21-,25-/m0/s1. The van der Waals surface area contributed by atoms with E-state index in [4.69, 9.17) is 9.26 Å². The first kappa shape index (κ1) is 25.1. The average molecular weight is 492 g/mol. The Morgan fingerprint density at radius 3 is 2.56 bits per heavy atom. The summed E-state index contributed by atoms with van der Waals surface area (Å²) in [5.74, 6) is -0.245. The molecule has 10 nitrogen and oxygen atoms in total. The summed E-state index contributed by atoms with van der Waals surface area (Å²) in [6.45, 7) is 2.75. The maximum atomic E-state index is 13.6. The molecule has 0 aliphatic carbocycles. The normalized spacial score (nSPS) is 15.8. The molecule has 0 bridgehead atoms. The predicted octanol–water partition coefficient (Wildman–Crippen LogP) is 3.17. The van der Waals surface area contributed by atoms with Crippen LogP contribution >= 0.6 is 0 Å². The number of hydrogen-bond donors (Lipinski definition) is 2. The Labute approximate surface area is 209 Å². The van der Waals surface area contributed by atoms with E-state index in [2.05, 4.69) is 20.8 Å². The van der Waals surface area contributed by atoms with Gasteiger partial charge in [-0.05, 0) is 49.6 Å². The summed E-state index contributed by atoms with van der Waals surface area (Å²) in [5, 5.41) is 9.31. The Balaban J connectivity index is 1.55. The summed E-state index contributed by atoms with van der Waals surface area (Å²) in [6.07, 6.45) is 4.75. The number of benzene rings is 1. The Bertz CT molecular complexity index is 1160. The summed E-state index contributed by atoms with van der Waals surface area (Å²) < 4.78 is 10.6. The van der Waals surface area contributed by atoms with Gasteiger partial charge in [-0.2, -0.15) is 0 Å². The van der Waals surface area contributed by atoms with Gasteiger partial charge in [-0.25, -0.2) is 0 Å². The summed E-state index contributed by atoms with van der Waals surface area (Å²) in [6, 6.07) is 13.0. The fraction of sp³-hybridized carbons (Fsp3) is 0.346. The Kier molecular flexibility index (Phi) is 8.40. The van der Waals surface area contributed by atoms with Crippen LogP contribution in [-0.2, 0) is 19.1 Å². The molecule has 3 heterocycles. The third kappa shape index (κ3) is 6.54. The van der Waals surface area contributed by atoms with Gasteiger partial charge in [-0.1, -0.05) is 23.4 Å². The molecular formula is C26H29N5O5. The fourth-order valence-corrected chi connectivity index (χ4v) is 4.08.